The molecule has 4 aromatic rings. The van der Waals surface area contributed by atoms with Crippen molar-refractivity contribution in [3.63, 3.8) is 0 Å². The number of carbonyl (C=O) groups is 1. The van der Waals surface area contributed by atoms with Gasteiger partial charge in [0.25, 0.3) is 5.91 Å². The molecule has 1 amide bonds. The van der Waals surface area contributed by atoms with Gasteiger partial charge in [0, 0.05) is 17.4 Å². The topological polar surface area (TPSA) is 68.0 Å². The lowest BCUT2D eigenvalue weighted by Crippen LogP contribution is -2.10. The molecule has 0 aliphatic heterocycles. The second-order valence-electron chi connectivity index (χ2n) is 4.99. The Morgan fingerprint density at radius 1 is 1.17 bits per heavy atom. The van der Waals surface area contributed by atoms with E-state index in [0.717, 1.165) is 20.9 Å². The summed E-state index contributed by atoms with van der Waals surface area (Å²) in [7, 11) is 0. The molecule has 0 fully saturated rings. The summed E-state index contributed by atoms with van der Waals surface area (Å²) in [6.07, 6.45) is 1.75. The Morgan fingerprint density at radius 3 is 2.88 bits per heavy atom. The van der Waals surface area contributed by atoms with Gasteiger partial charge in [-0.05, 0) is 52.3 Å². The van der Waals surface area contributed by atoms with E-state index < -0.39 is 0 Å². The number of carbonyl (C=O) groups excluding carboxylic acids is 1. The quantitative estimate of drug-likeness (QED) is 0.528. The molecule has 7 heteroatoms. The first-order chi connectivity index (χ1) is 11.7. The minimum Gasteiger partial charge on any atom is -0.444 e. The van der Waals surface area contributed by atoms with E-state index >= 15 is 0 Å². The molecule has 0 radical (unpaired) electrons. The molecule has 0 unspecified atom stereocenters. The van der Waals surface area contributed by atoms with Gasteiger partial charge in [-0.3, -0.25) is 4.79 Å². The van der Waals surface area contributed by atoms with Crippen molar-refractivity contribution >= 4 is 49.2 Å². The molecule has 24 heavy (non-hydrogen) atoms. The normalized spacial score (nSPS) is 10.9. The summed E-state index contributed by atoms with van der Waals surface area (Å²) in [4.78, 5) is 22.0. The SMILES string of the molecule is O=C(Nc1cccc(-c2nc3cccnc3s2)c1)c1ccc(Br)o1. The zero-order valence-electron chi connectivity index (χ0n) is 12.2. The van der Waals surface area contributed by atoms with E-state index in [9.17, 15) is 4.79 Å². The molecular formula is C17H10BrN3O2S. The highest BCUT2D eigenvalue weighted by Crippen LogP contribution is 2.30. The molecule has 0 aliphatic carbocycles. The van der Waals surface area contributed by atoms with Gasteiger partial charge in [0.05, 0.1) is 0 Å². The van der Waals surface area contributed by atoms with Crippen LogP contribution in [0.25, 0.3) is 20.9 Å². The number of fused-ring (bicyclic) bond motifs is 1. The summed E-state index contributed by atoms with van der Waals surface area (Å²) in [5.41, 5.74) is 2.47. The summed E-state index contributed by atoms with van der Waals surface area (Å²) in [6.45, 7) is 0. The monoisotopic (exact) mass is 399 g/mol. The molecule has 3 heterocycles. The summed E-state index contributed by atoms with van der Waals surface area (Å²) in [5.74, 6) is -0.0553. The first kappa shape index (κ1) is 15.0. The second-order valence-corrected chi connectivity index (χ2v) is 6.74. The molecule has 1 aromatic carbocycles. The second kappa shape index (κ2) is 6.18. The fourth-order valence-electron chi connectivity index (χ4n) is 2.25. The van der Waals surface area contributed by atoms with Crippen molar-refractivity contribution in [1.29, 1.82) is 0 Å². The fourth-order valence-corrected chi connectivity index (χ4v) is 3.46. The molecule has 0 saturated heterocycles. The van der Waals surface area contributed by atoms with E-state index in [4.69, 9.17) is 4.42 Å². The Hall–Kier alpha value is -2.51. The molecule has 0 bridgehead atoms. The molecule has 0 atom stereocenters. The van der Waals surface area contributed by atoms with Gasteiger partial charge in [-0.2, -0.15) is 0 Å². The van der Waals surface area contributed by atoms with Crippen LogP contribution < -0.4 is 5.32 Å². The molecule has 4 rings (SSSR count). The molecule has 3 aromatic heterocycles. The molecule has 1 N–H and O–H groups in total. The Labute approximate surface area is 149 Å². The van der Waals surface area contributed by atoms with Crippen LogP contribution in [0.15, 0.2) is 63.8 Å². The highest BCUT2D eigenvalue weighted by atomic mass is 79.9. The lowest BCUT2D eigenvalue weighted by Gasteiger charge is -2.04. The van der Waals surface area contributed by atoms with Crippen LogP contribution in [0.3, 0.4) is 0 Å². The summed E-state index contributed by atoms with van der Waals surface area (Å²) < 4.78 is 5.78. The van der Waals surface area contributed by atoms with Crippen LogP contribution in [-0.2, 0) is 0 Å². The van der Waals surface area contributed by atoms with Crippen LogP contribution in [0.4, 0.5) is 5.69 Å². The molecule has 0 spiro atoms. The number of nitrogens with zero attached hydrogens (tertiary/aromatic N) is 2. The van der Waals surface area contributed by atoms with Crippen molar-refractivity contribution in [2.75, 3.05) is 5.32 Å². The van der Waals surface area contributed by atoms with Crippen molar-refractivity contribution in [3.05, 3.63) is 65.2 Å². The highest BCUT2D eigenvalue weighted by Gasteiger charge is 2.12. The number of halogens is 1. The van der Waals surface area contributed by atoms with E-state index in [1.54, 1.807) is 18.3 Å². The van der Waals surface area contributed by atoms with Crippen molar-refractivity contribution in [3.8, 4) is 10.6 Å². The van der Waals surface area contributed by atoms with Crippen LogP contribution in [0, 0.1) is 0 Å². The molecule has 0 saturated carbocycles. The van der Waals surface area contributed by atoms with Gasteiger partial charge < -0.3 is 9.73 Å². The van der Waals surface area contributed by atoms with Crippen LogP contribution >= 0.6 is 27.3 Å². The number of amides is 1. The largest absolute Gasteiger partial charge is 0.444 e. The molecule has 118 valence electrons. The number of furan rings is 1. The Kier molecular flexibility index (Phi) is 3.87. The third kappa shape index (κ3) is 2.95. The van der Waals surface area contributed by atoms with E-state index in [1.165, 1.54) is 11.3 Å². The molecular weight excluding hydrogens is 390 g/mol. The number of nitrogens with one attached hydrogen (secondary N) is 1. The van der Waals surface area contributed by atoms with Crippen LogP contribution in [0.1, 0.15) is 10.6 Å². The van der Waals surface area contributed by atoms with E-state index in [1.807, 2.05) is 36.4 Å². The first-order valence-electron chi connectivity index (χ1n) is 7.08. The van der Waals surface area contributed by atoms with Gasteiger partial charge in [0.1, 0.15) is 15.4 Å². The number of anilines is 1. The summed E-state index contributed by atoms with van der Waals surface area (Å²) in [6, 6.07) is 14.6. The minimum absolute atomic E-state index is 0.247. The maximum Gasteiger partial charge on any atom is 0.291 e. The van der Waals surface area contributed by atoms with E-state index in [2.05, 4.69) is 31.2 Å². The Morgan fingerprint density at radius 2 is 2.08 bits per heavy atom. The Balaban J connectivity index is 1.62. The van der Waals surface area contributed by atoms with Crippen LogP contribution in [0.5, 0.6) is 0 Å². The van der Waals surface area contributed by atoms with Gasteiger partial charge >= 0.3 is 0 Å². The smallest absolute Gasteiger partial charge is 0.291 e. The lowest BCUT2D eigenvalue weighted by atomic mass is 10.2. The third-order valence-corrected chi connectivity index (χ3v) is 4.79. The standard InChI is InChI=1S/C17H10BrN3O2S/c18-14-7-6-13(23-14)15(22)20-11-4-1-3-10(9-11)16-21-12-5-2-8-19-17(12)24-16/h1-9H,(H,20,22). The summed E-state index contributed by atoms with van der Waals surface area (Å²) >= 11 is 4.70. The van der Waals surface area contributed by atoms with Gasteiger partial charge in [-0.25, -0.2) is 9.97 Å². The van der Waals surface area contributed by atoms with Crippen LogP contribution in [0.2, 0.25) is 0 Å². The summed E-state index contributed by atoms with van der Waals surface area (Å²) in [5, 5.41) is 3.68. The van der Waals surface area contributed by atoms with Crippen molar-refractivity contribution < 1.29 is 9.21 Å². The highest BCUT2D eigenvalue weighted by molar-refractivity contribution is 9.10. The number of thiazole rings is 1. The van der Waals surface area contributed by atoms with Gasteiger partial charge in [0.15, 0.2) is 10.4 Å². The third-order valence-electron chi connectivity index (χ3n) is 3.33. The average molecular weight is 400 g/mol. The Bertz CT molecular complexity index is 1010. The van der Waals surface area contributed by atoms with Gasteiger partial charge in [-0.1, -0.05) is 23.5 Å². The van der Waals surface area contributed by atoms with Gasteiger partial charge in [0.2, 0.25) is 0 Å². The maximum atomic E-state index is 12.2. The maximum absolute atomic E-state index is 12.2. The van der Waals surface area contributed by atoms with Crippen LogP contribution in [-0.4, -0.2) is 15.9 Å². The average Bonchev–Trinajstić information content (AvgIpc) is 3.21. The van der Waals surface area contributed by atoms with E-state index in [-0.39, 0.29) is 11.7 Å². The first-order valence-corrected chi connectivity index (χ1v) is 8.69. The number of hydrogen-bond acceptors (Lipinski definition) is 5. The number of pyridine rings is 1. The molecule has 0 aliphatic rings. The predicted octanol–water partition coefficient (Wildman–Crippen LogP) is 4.97. The van der Waals surface area contributed by atoms with Crippen molar-refractivity contribution in [2.45, 2.75) is 0 Å². The number of benzene rings is 1. The van der Waals surface area contributed by atoms with Crippen molar-refractivity contribution in [2.24, 2.45) is 0 Å². The number of rotatable bonds is 3. The fraction of sp³-hybridized carbons (Fsp3) is 0. The lowest BCUT2D eigenvalue weighted by molar-refractivity contribution is 0.0995. The van der Waals surface area contributed by atoms with Gasteiger partial charge in [-0.15, -0.1) is 0 Å². The zero-order valence-corrected chi connectivity index (χ0v) is 14.6. The zero-order chi connectivity index (χ0) is 16.5. The number of hydrogen-bond donors (Lipinski definition) is 1. The molecule has 5 nitrogen and oxygen atoms in total. The van der Waals surface area contributed by atoms with E-state index in [0.29, 0.717) is 10.4 Å². The predicted molar refractivity (Wildman–Crippen MR) is 97.2 cm³/mol. The minimum atomic E-state index is -0.302. The van der Waals surface area contributed by atoms with Crippen molar-refractivity contribution in [1.82, 2.24) is 9.97 Å². The number of aromatic nitrogens is 2.